The molecule has 0 aliphatic carbocycles. The van der Waals surface area contributed by atoms with Crippen LogP contribution in [0.15, 0.2) is 53.9 Å². The molecule has 8 heteroatoms. The fourth-order valence-corrected chi connectivity index (χ4v) is 3.96. The highest BCUT2D eigenvalue weighted by Gasteiger charge is 2.13. The largest absolute Gasteiger partial charge is 0.490 e. The number of carbonyl (C=O) groups excluding carboxylic acids is 2. The fourth-order valence-electron chi connectivity index (χ4n) is 3.22. The van der Waals surface area contributed by atoms with Crippen LogP contribution in [0.4, 0.5) is 5.13 Å². The Hall–Kier alpha value is -3.65. The summed E-state index contributed by atoms with van der Waals surface area (Å²) in [5.41, 5.74) is 3.80. The molecule has 0 bridgehead atoms. The highest BCUT2D eigenvalue weighted by molar-refractivity contribution is 7.13. The molecule has 0 atom stereocenters. The van der Waals surface area contributed by atoms with E-state index in [-0.39, 0.29) is 17.9 Å². The highest BCUT2D eigenvalue weighted by Crippen LogP contribution is 2.30. The van der Waals surface area contributed by atoms with E-state index in [4.69, 9.17) is 14.2 Å². The first kappa shape index (κ1) is 26.9. The molecule has 1 aromatic heterocycles. The smallest absolute Gasteiger partial charge is 0.331 e. The van der Waals surface area contributed by atoms with Crippen LogP contribution in [0.1, 0.15) is 57.0 Å². The Labute approximate surface area is 216 Å². The van der Waals surface area contributed by atoms with Crippen LogP contribution >= 0.6 is 11.3 Å². The van der Waals surface area contributed by atoms with Crippen molar-refractivity contribution in [2.45, 2.75) is 53.2 Å². The van der Waals surface area contributed by atoms with Crippen LogP contribution in [-0.4, -0.2) is 23.5 Å². The summed E-state index contributed by atoms with van der Waals surface area (Å²) in [5, 5.41) is 4.80. The third-order valence-electron chi connectivity index (χ3n) is 5.09. The van der Waals surface area contributed by atoms with Crippen molar-refractivity contribution < 1.29 is 23.8 Å². The molecular weight excluding hydrogens is 476 g/mol. The van der Waals surface area contributed by atoms with E-state index < -0.39 is 5.97 Å². The van der Waals surface area contributed by atoms with E-state index in [0.29, 0.717) is 35.5 Å². The lowest BCUT2D eigenvalue weighted by atomic mass is 9.87. The van der Waals surface area contributed by atoms with Gasteiger partial charge in [-0.3, -0.25) is 4.79 Å². The molecule has 0 saturated heterocycles. The fraction of sp³-hybridized carbons (Fsp3) is 0.321. The number of carbonyl (C=O) groups is 2. The Morgan fingerprint density at radius 2 is 1.78 bits per heavy atom. The summed E-state index contributed by atoms with van der Waals surface area (Å²) in [6.07, 6.45) is 3.01. The Morgan fingerprint density at radius 1 is 1.03 bits per heavy atom. The van der Waals surface area contributed by atoms with E-state index in [9.17, 15) is 9.59 Å². The highest BCUT2D eigenvalue weighted by atomic mass is 32.1. The molecule has 7 nitrogen and oxygen atoms in total. The molecule has 190 valence electrons. The zero-order chi connectivity index (χ0) is 26.1. The van der Waals surface area contributed by atoms with Crippen molar-refractivity contribution in [3.05, 3.63) is 76.3 Å². The Balaban J connectivity index is 1.57. The molecule has 3 aromatic rings. The molecule has 2 aromatic carbocycles. The van der Waals surface area contributed by atoms with Gasteiger partial charge < -0.3 is 19.5 Å². The van der Waals surface area contributed by atoms with Gasteiger partial charge in [0.25, 0.3) is 0 Å². The molecule has 0 unspecified atom stereocenters. The van der Waals surface area contributed by atoms with Crippen molar-refractivity contribution in [1.29, 1.82) is 0 Å². The average molecular weight is 509 g/mol. The minimum Gasteiger partial charge on any atom is -0.490 e. The molecule has 36 heavy (non-hydrogen) atoms. The molecule has 1 amide bonds. The molecule has 0 radical (unpaired) electrons. The lowest BCUT2D eigenvalue weighted by Gasteiger charge is -2.19. The summed E-state index contributed by atoms with van der Waals surface area (Å²) < 4.78 is 17.0. The van der Waals surface area contributed by atoms with E-state index in [1.54, 1.807) is 11.5 Å². The van der Waals surface area contributed by atoms with Crippen LogP contribution in [0.25, 0.3) is 6.08 Å². The SMILES string of the molecule is CCOc1cc(C=CC(=O)OCc2csc(NC(C)=O)n2)ccc1OCc1ccc(C(C)(C)C)cc1. The average Bonchev–Trinajstić information content (AvgIpc) is 3.27. The third kappa shape index (κ3) is 8.23. The molecule has 0 fully saturated rings. The standard InChI is InChI=1S/C28H32N2O5S/c1-6-33-25-15-20(10-14-26(32)35-17-23-18-36-27(30-23)29-19(2)31)9-13-24(25)34-16-21-7-11-22(12-8-21)28(3,4)5/h7-15,18H,6,16-17H2,1-5H3,(H,29,30,31). The maximum atomic E-state index is 12.1. The second kappa shape index (κ2) is 12.4. The number of nitrogens with one attached hydrogen (secondary N) is 1. The van der Waals surface area contributed by atoms with Gasteiger partial charge in [-0.2, -0.15) is 0 Å². The number of thiazole rings is 1. The van der Waals surface area contributed by atoms with Gasteiger partial charge >= 0.3 is 5.97 Å². The lowest BCUT2D eigenvalue weighted by Crippen LogP contribution is -2.10. The van der Waals surface area contributed by atoms with Crippen molar-refractivity contribution in [3.8, 4) is 11.5 Å². The number of benzene rings is 2. The van der Waals surface area contributed by atoms with E-state index >= 15 is 0 Å². The monoisotopic (exact) mass is 508 g/mol. The van der Waals surface area contributed by atoms with E-state index in [1.807, 2.05) is 25.1 Å². The first-order valence-electron chi connectivity index (χ1n) is 11.7. The second-order valence-electron chi connectivity index (χ2n) is 9.14. The van der Waals surface area contributed by atoms with Crippen LogP contribution in [-0.2, 0) is 33.0 Å². The topological polar surface area (TPSA) is 86.8 Å². The predicted molar refractivity (Wildman–Crippen MR) is 142 cm³/mol. The van der Waals surface area contributed by atoms with Crippen molar-refractivity contribution in [2.75, 3.05) is 11.9 Å². The Kier molecular flexibility index (Phi) is 9.25. The van der Waals surface area contributed by atoms with Gasteiger partial charge in [-0.1, -0.05) is 51.1 Å². The zero-order valence-electron chi connectivity index (χ0n) is 21.3. The summed E-state index contributed by atoms with van der Waals surface area (Å²) in [6, 6.07) is 13.9. The van der Waals surface area contributed by atoms with Gasteiger partial charge in [0.1, 0.15) is 13.2 Å². The van der Waals surface area contributed by atoms with Crippen molar-refractivity contribution in [2.24, 2.45) is 0 Å². The third-order valence-corrected chi connectivity index (χ3v) is 5.90. The molecule has 0 spiro atoms. The summed E-state index contributed by atoms with van der Waals surface area (Å²) >= 11 is 1.27. The molecule has 1 heterocycles. The molecule has 0 aliphatic heterocycles. The summed E-state index contributed by atoms with van der Waals surface area (Å²) in [6.45, 7) is 10.8. The molecule has 0 saturated carbocycles. The van der Waals surface area contributed by atoms with Gasteiger partial charge in [-0.05, 0) is 47.2 Å². The van der Waals surface area contributed by atoms with Gasteiger partial charge in [0.2, 0.25) is 5.91 Å². The molecule has 0 aliphatic rings. The van der Waals surface area contributed by atoms with Gasteiger partial charge in [-0.15, -0.1) is 11.3 Å². The van der Waals surface area contributed by atoms with Crippen LogP contribution in [0.3, 0.4) is 0 Å². The Morgan fingerprint density at radius 3 is 2.44 bits per heavy atom. The van der Waals surface area contributed by atoms with E-state index in [2.05, 4.69) is 55.3 Å². The van der Waals surface area contributed by atoms with Crippen LogP contribution < -0.4 is 14.8 Å². The first-order valence-corrected chi connectivity index (χ1v) is 12.6. The summed E-state index contributed by atoms with van der Waals surface area (Å²) in [7, 11) is 0. The van der Waals surface area contributed by atoms with Gasteiger partial charge in [0.05, 0.1) is 12.3 Å². The number of aromatic nitrogens is 1. The second-order valence-corrected chi connectivity index (χ2v) is 10.00. The number of ether oxygens (including phenoxy) is 3. The van der Waals surface area contributed by atoms with Crippen LogP contribution in [0.5, 0.6) is 11.5 Å². The van der Waals surface area contributed by atoms with E-state index in [1.165, 1.54) is 29.9 Å². The number of amides is 1. The maximum absolute atomic E-state index is 12.1. The quantitative estimate of drug-likeness (QED) is 0.262. The minimum atomic E-state index is -0.499. The Bertz CT molecular complexity index is 1210. The minimum absolute atomic E-state index is 0.0208. The number of esters is 1. The molecule has 1 N–H and O–H groups in total. The zero-order valence-corrected chi connectivity index (χ0v) is 22.1. The number of anilines is 1. The first-order chi connectivity index (χ1) is 17.1. The lowest BCUT2D eigenvalue weighted by molar-refractivity contribution is -0.139. The van der Waals surface area contributed by atoms with Gasteiger partial charge in [0.15, 0.2) is 16.6 Å². The van der Waals surface area contributed by atoms with Crippen LogP contribution in [0, 0.1) is 0 Å². The van der Waals surface area contributed by atoms with Crippen molar-refractivity contribution >= 4 is 34.4 Å². The summed E-state index contributed by atoms with van der Waals surface area (Å²) in [4.78, 5) is 27.4. The number of hydrogen-bond acceptors (Lipinski definition) is 7. The predicted octanol–water partition coefficient (Wildman–Crippen LogP) is 6.13. The molecular formula is C28H32N2O5S. The van der Waals surface area contributed by atoms with Crippen LogP contribution in [0.2, 0.25) is 0 Å². The number of hydrogen-bond donors (Lipinski definition) is 1. The maximum Gasteiger partial charge on any atom is 0.331 e. The van der Waals surface area contributed by atoms with Crippen molar-refractivity contribution in [3.63, 3.8) is 0 Å². The van der Waals surface area contributed by atoms with Crippen molar-refractivity contribution in [1.82, 2.24) is 4.98 Å². The van der Waals surface area contributed by atoms with E-state index in [0.717, 1.165) is 11.1 Å². The number of nitrogens with zero attached hydrogens (tertiary/aromatic N) is 1. The van der Waals surface area contributed by atoms with Gasteiger partial charge in [0, 0.05) is 18.4 Å². The number of rotatable bonds is 10. The molecule has 3 rings (SSSR count). The normalized spacial score (nSPS) is 11.4. The van der Waals surface area contributed by atoms with Gasteiger partial charge in [-0.25, -0.2) is 9.78 Å². The summed E-state index contributed by atoms with van der Waals surface area (Å²) in [5.74, 6) is 0.539.